The van der Waals surface area contributed by atoms with Gasteiger partial charge in [0.05, 0.1) is 20.1 Å². The molecule has 0 N–H and O–H groups in total. The van der Waals surface area contributed by atoms with Gasteiger partial charge < -0.3 is 9.22 Å². The molecule has 3 nitrogen and oxygen atoms in total. The maximum Gasteiger partial charge on any atom is 0.192 e. The summed E-state index contributed by atoms with van der Waals surface area (Å²) in [5.41, 5.74) is 0. The second kappa shape index (κ2) is 37.8. The molecule has 0 saturated carbocycles. The second-order valence-electron chi connectivity index (χ2n) is 16.0. The second-order valence-corrected chi connectivity index (χ2v) is 16.0. The number of ketones is 1. The van der Waals surface area contributed by atoms with E-state index in [1.807, 2.05) is 0 Å². The van der Waals surface area contributed by atoms with Crippen molar-refractivity contribution < 1.29 is 14.0 Å². The van der Waals surface area contributed by atoms with Crippen LogP contribution in [0.5, 0.6) is 0 Å². The third-order valence-electron chi connectivity index (χ3n) is 11.1. The molecule has 3 heteroatoms. The lowest BCUT2D eigenvalue weighted by Gasteiger charge is -2.41. The molecule has 0 amide bonds. The van der Waals surface area contributed by atoms with Gasteiger partial charge in [-0.25, -0.2) is 0 Å². The summed E-state index contributed by atoms with van der Waals surface area (Å²) in [4.78, 5) is 14.0. The van der Waals surface area contributed by atoms with Crippen molar-refractivity contribution in [1.29, 1.82) is 0 Å². The molecule has 48 heavy (non-hydrogen) atoms. The van der Waals surface area contributed by atoms with Crippen LogP contribution in [0.1, 0.15) is 246 Å². The molecule has 0 aromatic rings. The van der Waals surface area contributed by atoms with Crippen LogP contribution in [0.4, 0.5) is 0 Å². The molecule has 1 atom stereocenters. The predicted molar refractivity (Wildman–Crippen MR) is 215 cm³/mol. The van der Waals surface area contributed by atoms with Crippen LogP contribution < -0.4 is 0 Å². The maximum absolute atomic E-state index is 14.0. The number of carbonyl (C=O) groups excluding carboxylic acids is 1. The van der Waals surface area contributed by atoms with Crippen LogP contribution in [0.2, 0.25) is 0 Å². The van der Waals surface area contributed by atoms with Crippen molar-refractivity contribution in [3.8, 4) is 0 Å². The monoisotopic (exact) mass is 679 g/mol. The van der Waals surface area contributed by atoms with Crippen LogP contribution in [-0.4, -0.2) is 49.7 Å². The van der Waals surface area contributed by atoms with E-state index < -0.39 is 0 Å². The molecule has 0 fully saturated rings. The number of ether oxygens (including phenoxy) is 1. The lowest BCUT2D eigenvalue weighted by molar-refractivity contribution is -0.925. The Morgan fingerprint density at radius 2 is 0.708 bits per heavy atom. The SMILES string of the molecule is CCCCCCCCCCCCCCOCC(C(=O)CCCCCCCCCCC)[N+](C)(CCCCCCCC)CCCCCCCC. The molecule has 288 valence electrons. The Kier molecular flexibility index (Phi) is 37.5. The van der Waals surface area contributed by atoms with Crippen LogP contribution in [0.25, 0.3) is 0 Å². The number of Topliss-reactive ketones (excluding diaryl/α,β-unsaturated/α-hetero) is 1. The first-order valence-corrected chi connectivity index (χ1v) is 22.5. The molecule has 0 aromatic heterocycles. The Balaban J connectivity index is 4.93. The molecule has 0 radical (unpaired) electrons. The Morgan fingerprint density at radius 3 is 1.06 bits per heavy atom. The number of hydrogen-bond acceptors (Lipinski definition) is 2. The molecular formula is C45H92NO2+. The lowest BCUT2D eigenvalue weighted by atomic mass is 9.99. The van der Waals surface area contributed by atoms with E-state index in [9.17, 15) is 4.79 Å². The summed E-state index contributed by atoms with van der Waals surface area (Å²) in [7, 11) is 2.42. The number of hydrogen-bond donors (Lipinski definition) is 0. The molecule has 0 saturated heterocycles. The van der Waals surface area contributed by atoms with Crippen molar-refractivity contribution >= 4 is 5.78 Å². The van der Waals surface area contributed by atoms with Gasteiger partial charge in [-0.05, 0) is 38.5 Å². The maximum atomic E-state index is 14.0. The minimum atomic E-state index is 0.0163. The van der Waals surface area contributed by atoms with Gasteiger partial charge in [-0.15, -0.1) is 0 Å². The molecule has 0 aliphatic carbocycles. The zero-order valence-electron chi connectivity index (χ0n) is 34.2. The number of nitrogens with zero attached hydrogens (tertiary/aromatic N) is 1. The van der Waals surface area contributed by atoms with E-state index in [-0.39, 0.29) is 6.04 Å². The fourth-order valence-corrected chi connectivity index (χ4v) is 7.57. The Hall–Kier alpha value is -0.410. The highest BCUT2D eigenvalue weighted by atomic mass is 16.5. The Morgan fingerprint density at radius 1 is 0.417 bits per heavy atom. The van der Waals surface area contributed by atoms with Crippen LogP contribution in [0.3, 0.4) is 0 Å². The molecule has 0 bridgehead atoms. The van der Waals surface area contributed by atoms with E-state index in [1.165, 1.54) is 199 Å². The summed E-state index contributed by atoms with van der Waals surface area (Å²) >= 11 is 0. The van der Waals surface area contributed by atoms with E-state index in [1.54, 1.807) is 0 Å². The van der Waals surface area contributed by atoms with Gasteiger partial charge in [0.25, 0.3) is 0 Å². The largest absolute Gasteiger partial charge is 0.375 e. The molecule has 0 rings (SSSR count). The number of unbranched alkanes of at least 4 members (excludes halogenated alkanes) is 29. The summed E-state index contributed by atoms with van der Waals surface area (Å²) in [6, 6.07) is 0.0163. The van der Waals surface area contributed by atoms with Crippen molar-refractivity contribution in [2.75, 3.05) is 33.4 Å². The third-order valence-corrected chi connectivity index (χ3v) is 11.1. The number of rotatable bonds is 41. The first-order valence-electron chi connectivity index (χ1n) is 22.5. The first kappa shape index (κ1) is 47.6. The highest BCUT2D eigenvalue weighted by Crippen LogP contribution is 2.22. The van der Waals surface area contributed by atoms with Gasteiger partial charge in [0, 0.05) is 13.0 Å². The molecule has 0 aromatic carbocycles. The van der Waals surface area contributed by atoms with Gasteiger partial charge in [0.1, 0.15) is 6.61 Å². The van der Waals surface area contributed by atoms with Crippen LogP contribution in [0.15, 0.2) is 0 Å². The number of quaternary nitrogens is 1. The summed E-state index contributed by atoms with van der Waals surface area (Å²) in [6.07, 6.45) is 44.8. The molecule has 0 aliphatic heterocycles. The Bertz CT molecular complexity index is 618. The molecular weight excluding hydrogens is 587 g/mol. The minimum absolute atomic E-state index is 0.0163. The molecule has 0 spiro atoms. The summed E-state index contributed by atoms with van der Waals surface area (Å²) in [5, 5.41) is 0. The van der Waals surface area contributed by atoms with Crippen molar-refractivity contribution in [3.63, 3.8) is 0 Å². The highest BCUT2D eigenvalue weighted by molar-refractivity contribution is 5.83. The minimum Gasteiger partial charge on any atom is -0.375 e. The van der Waals surface area contributed by atoms with Crippen molar-refractivity contribution in [2.24, 2.45) is 0 Å². The van der Waals surface area contributed by atoms with Gasteiger partial charge >= 0.3 is 0 Å². The summed E-state index contributed by atoms with van der Waals surface area (Å²) in [5.74, 6) is 0.493. The fourth-order valence-electron chi connectivity index (χ4n) is 7.57. The average molecular weight is 679 g/mol. The first-order chi connectivity index (χ1) is 23.6. The standard InChI is InChI=1S/C45H92NO2/c1-6-10-14-18-22-24-25-26-28-30-34-38-42-48-43-44(45(47)39-35-31-29-27-23-19-15-11-7-2)46(5,40-36-32-20-16-12-8-3)41-37-33-21-17-13-9-4/h44H,6-43H2,1-5H3/q+1. The van der Waals surface area contributed by atoms with Gasteiger partial charge in [-0.1, -0.05) is 201 Å². The van der Waals surface area contributed by atoms with Crippen LogP contribution in [-0.2, 0) is 9.53 Å². The zero-order chi connectivity index (χ0) is 35.2. The van der Waals surface area contributed by atoms with E-state index >= 15 is 0 Å². The quantitative estimate of drug-likeness (QED) is 0.0475. The van der Waals surface area contributed by atoms with Crippen LogP contribution in [0, 0.1) is 0 Å². The van der Waals surface area contributed by atoms with E-state index in [4.69, 9.17) is 4.74 Å². The molecule has 1 unspecified atom stereocenters. The van der Waals surface area contributed by atoms with E-state index in [2.05, 4.69) is 34.7 Å². The smallest absolute Gasteiger partial charge is 0.192 e. The van der Waals surface area contributed by atoms with E-state index in [0.717, 1.165) is 43.4 Å². The third kappa shape index (κ3) is 30.4. The zero-order valence-corrected chi connectivity index (χ0v) is 34.2. The van der Waals surface area contributed by atoms with Gasteiger partial charge in [-0.2, -0.15) is 0 Å². The highest BCUT2D eigenvalue weighted by Gasteiger charge is 2.37. The fraction of sp³-hybridized carbons (Fsp3) is 0.978. The van der Waals surface area contributed by atoms with Gasteiger partial charge in [0.2, 0.25) is 0 Å². The van der Waals surface area contributed by atoms with Crippen molar-refractivity contribution in [1.82, 2.24) is 0 Å². The molecule has 0 aliphatic rings. The Labute approximate surface area is 304 Å². The molecule has 0 heterocycles. The van der Waals surface area contributed by atoms with Crippen molar-refractivity contribution in [3.05, 3.63) is 0 Å². The predicted octanol–water partition coefficient (Wildman–Crippen LogP) is 14.7. The lowest BCUT2D eigenvalue weighted by Crippen LogP contribution is -2.58. The van der Waals surface area contributed by atoms with Crippen LogP contribution >= 0.6 is 0 Å². The van der Waals surface area contributed by atoms with Gasteiger partial charge in [0.15, 0.2) is 11.8 Å². The number of carbonyl (C=O) groups is 1. The summed E-state index contributed by atoms with van der Waals surface area (Å²) in [6.45, 7) is 12.9. The van der Waals surface area contributed by atoms with Crippen molar-refractivity contribution in [2.45, 2.75) is 252 Å². The van der Waals surface area contributed by atoms with Gasteiger partial charge in [-0.3, -0.25) is 4.79 Å². The van der Waals surface area contributed by atoms with E-state index in [0.29, 0.717) is 12.4 Å². The average Bonchev–Trinajstić information content (AvgIpc) is 3.08. The number of likely N-dealkylation sites (N-methyl/N-ethyl adjacent to an activating group) is 1. The summed E-state index contributed by atoms with van der Waals surface area (Å²) < 4.78 is 7.34. The normalized spacial score (nSPS) is 12.6. The topological polar surface area (TPSA) is 26.3 Å².